The van der Waals surface area contributed by atoms with Gasteiger partial charge in [0.05, 0.1) is 28.0 Å². The van der Waals surface area contributed by atoms with Crippen LogP contribution in [0.4, 0.5) is 5.13 Å². The highest BCUT2D eigenvalue weighted by molar-refractivity contribution is 7.22. The number of anilines is 1. The number of fused-ring (bicyclic) bond motifs is 2. The molecule has 5 aromatic rings. The summed E-state index contributed by atoms with van der Waals surface area (Å²) in [5, 5.41) is 1.59. The lowest BCUT2D eigenvalue weighted by molar-refractivity contribution is 0.0986. The standard InChI is InChI=1S/C24H20N4OS/c1-2-16-10-11-21-22(13-16)30-24(27-21)28(15-17-7-5-6-12-25-17)23(29)19-14-26-20-9-4-3-8-18(19)20/h3-14,26H,2,15H2,1H3. The lowest BCUT2D eigenvalue weighted by atomic mass is 10.1. The smallest absolute Gasteiger partial charge is 0.262 e. The third kappa shape index (κ3) is 3.35. The number of para-hydroxylation sites is 1. The predicted molar refractivity (Wildman–Crippen MR) is 122 cm³/mol. The van der Waals surface area contributed by atoms with Gasteiger partial charge >= 0.3 is 0 Å². The van der Waals surface area contributed by atoms with E-state index in [2.05, 4.69) is 29.0 Å². The minimum absolute atomic E-state index is 0.0899. The van der Waals surface area contributed by atoms with Crippen molar-refractivity contribution >= 4 is 43.5 Å². The Morgan fingerprint density at radius 2 is 1.97 bits per heavy atom. The summed E-state index contributed by atoms with van der Waals surface area (Å²) in [5.41, 5.74) is 4.56. The molecule has 5 rings (SSSR count). The van der Waals surface area contributed by atoms with Gasteiger partial charge in [0.2, 0.25) is 0 Å². The molecule has 0 fully saturated rings. The van der Waals surface area contributed by atoms with Gasteiger partial charge in [-0.25, -0.2) is 4.98 Å². The molecule has 148 valence electrons. The molecule has 0 bridgehead atoms. The summed E-state index contributed by atoms with van der Waals surface area (Å²) < 4.78 is 1.09. The summed E-state index contributed by atoms with van der Waals surface area (Å²) >= 11 is 1.54. The van der Waals surface area contributed by atoms with Gasteiger partial charge in [-0.2, -0.15) is 0 Å². The van der Waals surface area contributed by atoms with Gasteiger partial charge in [0.25, 0.3) is 5.91 Å². The molecule has 0 aliphatic heterocycles. The van der Waals surface area contributed by atoms with E-state index in [-0.39, 0.29) is 5.91 Å². The minimum Gasteiger partial charge on any atom is -0.360 e. The summed E-state index contributed by atoms with van der Waals surface area (Å²) in [6.45, 7) is 2.50. The molecule has 1 amide bonds. The minimum atomic E-state index is -0.0899. The first-order chi connectivity index (χ1) is 14.7. The van der Waals surface area contributed by atoms with Crippen LogP contribution in [0.1, 0.15) is 28.5 Å². The fraction of sp³-hybridized carbons (Fsp3) is 0.125. The van der Waals surface area contributed by atoms with Crippen molar-refractivity contribution in [2.45, 2.75) is 19.9 Å². The van der Waals surface area contributed by atoms with Gasteiger partial charge in [-0.05, 0) is 42.3 Å². The van der Waals surface area contributed by atoms with Crippen LogP contribution in [0.2, 0.25) is 0 Å². The molecule has 0 aliphatic carbocycles. The van der Waals surface area contributed by atoms with Crippen LogP contribution >= 0.6 is 11.3 Å². The zero-order valence-corrected chi connectivity index (χ0v) is 17.3. The highest BCUT2D eigenvalue weighted by atomic mass is 32.1. The van der Waals surface area contributed by atoms with Crippen molar-refractivity contribution in [3.05, 3.63) is 89.9 Å². The number of H-pyrrole nitrogens is 1. The first-order valence-electron chi connectivity index (χ1n) is 9.90. The molecule has 5 nitrogen and oxygen atoms in total. The lowest BCUT2D eigenvalue weighted by Crippen LogP contribution is -2.30. The number of hydrogen-bond acceptors (Lipinski definition) is 4. The van der Waals surface area contributed by atoms with Crippen molar-refractivity contribution in [2.75, 3.05) is 4.90 Å². The van der Waals surface area contributed by atoms with Gasteiger partial charge in [-0.15, -0.1) is 0 Å². The van der Waals surface area contributed by atoms with E-state index in [9.17, 15) is 4.79 Å². The molecule has 0 spiro atoms. The third-order valence-electron chi connectivity index (χ3n) is 5.19. The average molecular weight is 413 g/mol. The molecular formula is C24H20N4OS. The molecule has 0 saturated carbocycles. The van der Waals surface area contributed by atoms with Gasteiger partial charge in [0.15, 0.2) is 5.13 Å². The van der Waals surface area contributed by atoms with E-state index < -0.39 is 0 Å². The number of thiazole rings is 1. The van der Waals surface area contributed by atoms with E-state index in [0.717, 1.165) is 33.2 Å². The van der Waals surface area contributed by atoms with Gasteiger partial charge in [0.1, 0.15) is 0 Å². The molecule has 3 heterocycles. The Hall–Kier alpha value is -3.51. The summed E-state index contributed by atoms with van der Waals surface area (Å²) in [5.74, 6) is -0.0899. The van der Waals surface area contributed by atoms with Gasteiger partial charge < -0.3 is 4.98 Å². The number of benzene rings is 2. The molecule has 30 heavy (non-hydrogen) atoms. The quantitative estimate of drug-likeness (QED) is 0.410. The van der Waals surface area contributed by atoms with E-state index in [1.165, 1.54) is 5.56 Å². The Labute approximate surface area is 178 Å². The van der Waals surface area contributed by atoms with Crippen LogP contribution in [-0.4, -0.2) is 20.9 Å². The van der Waals surface area contributed by atoms with Crippen LogP contribution in [0, 0.1) is 0 Å². The van der Waals surface area contributed by atoms with Crippen LogP contribution in [0.15, 0.2) is 73.1 Å². The Morgan fingerprint density at radius 1 is 1.10 bits per heavy atom. The Morgan fingerprint density at radius 3 is 2.80 bits per heavy atom. The number of hydrogen-bond donors (Lipinski definition) is 1. The molecule has 0 aliphatic rings. The number of carbonyl (C=O) groups is 1. The van der Waals surface area contributed by atoms with E-state index in [0.29, 0.717) is 17.2 Å². The number of nitrogens with one attached hydrogen (secondary N) is 1. The van der Waals surface area contributed by atoms with Gasteiger partial charge in [-0.3, -0.25) is 14.7 Å². The highest BCUT2D eigenvalue weighted by Crippen LogP contribution is 2.32. The molecule has 3 aromatic heterocycles. The van der Waals surface area contributed by atoms with Crippen LogP contribution in [0.3, 0.4) is 0 Å². The Bertz CT molecular complexity index is 1340. The molecule has 0 radical (unpaired) electrons. The fourth-order valence-electron chi connectivity index (χ4n) is 3.57. The van der Waals surface area contributed by atoms with Crippen molar-refractivity contribution in [3.8, 4) is 0 Å². The summed E-state index contributed by atoms with van der Waals surface area (Å²) in [6.07, 6.45) is 4.49. The maximum absolute atomic E-state index is 13.7. The average Bonchev–Trinajstić information content (AvgIpc) is 3.41. The molecular weight excluding hydrogens is 392 g/mol. The monoisotopic (exact) mass is 412 g/mol. The lowest BCUT2D eigenvalue weighted by Gasteiger charge is -2.19. The van der Waals surface area contributed by atoms with Crippen molar-refractivity contribution < 1.29 is 4.79 Å². The van der Waals surface area contributed by atoms with E-state index in [4.69, 9.17) is 4.98 Å². The third-order valence-corrected chi connectivity index (χ3v) is 6.23. The Balaban J connectivity index is 1.60. The topological polar surface area (TPSA) is 61.9 Å². The first kappa shape index (κ1) is 18.5. The van der Waals surface area contributed by atoms with E-state index in [1.807, 2.05) is 48.5 Å². The van der Waals surface area contributed by atoms with Crippen LogP contribution in [-0.2, 0) is 13.0 Å². The number of carbonyl (C=O) groups excluding carboxylic acids is 1. The number of aryl methyl sites for hydroxylation is 1. The number of amides is 1. The first-order valence-corrected chi connectivity index (χ1v) is 10.7. The van der Waals surface area contributed by atoms with Gasteiger partial charge in [0, 0.05) is 23.3 Å². The zero-order chi connectivity index (χ0) is 20.5. The number of pyridine rings is 1. The largest absolute Gasteiger partial charge is 0.360 e. The SMILES string of the molecule is CCc1ccc2nc(N(Cc3ccccn3)C(=O)c3c[nH]c4ccccc34)sc2c1. The van der Waals surface area contributed by atoms with Crippen LogP contribution in [0.25, 0.3) is 21.1 Å². The molecule has 1 N–H and O–H groups in total. The predicted octanol–water partition coefficient (Wildman–Crippen LogP) is 5.58. The molecule has 2 aromatic carbocycles. The molecule has 0 unspecified atom stereocenters. The number of aromatic nitrogens is 3. The van der Waals surface area contributed by atoms with E-state index >= 15 is 0 Å². The maximum atomic E-state index is 13.7. The highest BCUT2D eigenvalue weighted by Gasteiger charge is 2.24. The fourth-order valence-corrected chi connectivity index (χ4v) is 4.59. The molecule has 0 atom stereocenters. The number of rotatable bonds is 5. The van der Waals surface area contributed by atoms with Crippen molar-refractivity contribution in [3.63, 3.8) is 0 Å². The summed E-state index contributed by atoms with van der Waals surface area (Å²) in [7, 11) is 0. The maximum Gasteiger partial charge on any atom is 0.262 e. The molecule has 6 heteroatoms. The molecule has 0 saturated heterocycles. The van der Waals surface area contributed by atoms with Crippen LogP contribution < -0.4 is 4.90 Å². The Kier molecular flexibility index (Phi) is 4.77. The van der Waals surface area contributed by atoms with Gasteiger partial charge in [-0.1, -0.05) is 48.6 Å². The number of aromatic amines is 1. The van der Waals surface area contributed by atoms with Crippen molar-refractivity contribution in [1.82, 2.24) is 15.0 Å². The van der Waals surface area contributed by atoms with Crippen molar-refractivity contribution in [2.24, 2.45) is 0 Å². The number of nitrogens with zero attached hydrogens (tertiary/aromatic N) is 3. The van der Waals surface area contributed by atoms with Crippen LogP contribution in [0.5, 0.6) is 0 Å². The van der Waals surface area contributed by atoms with E-state index in [1.54, 1.807) is 28.6 Å². The van der Waals surface area contributed by atoms with Crippen molar-refractivity contribution in [1.29, 1.82) is 0 Å². The summed E-state index contributed by atoms with van der Waals surface area (Å²) in [6, 6.07) is 19.9. The summed E-state index contributed by atoms with van der Waals surface area (Å²) in [4.78, 5) is 27.8. The normalized spacial score (nSPS) is 11.2. The second-order valence-corrected chi connectivity index (χ2v) is 8.12. The second-order valence-electron chi connectivity index (χ2n) is 7.11. The second kappa shape index (κ2) is 7.72. The zero-order valence-electron chi connectivity index (χ0n) is 16.5.